The highest BCUT2D eigenvalue weighted by Gasteiger charge is 2.35. The monoisotopic (exact) mass is 475 g/mol. The maximum atomic E-state index is 12.3. The van der Waals surface area contributed by atoms with E-state index in [9.17, 15) is 4.79 Å². The molecule has 1 aromatic heterocycles. The van der Waals surface area contributed by atoms with Gasteiger partial charge in [0.1, 0.15) is 5.01 Å². The number of anilines is 1. The Morgan fingerprint density at radius 2 is 1.91 bits per heavy atom. The zero-order valence-electron chi connectivity index (χ0n) is 21.1. The minimum atomic E-state index is -0.0397. The third-order valence-corrected chi connectivity index (χ3v) is 7.73. The number of nitrogens with zero attached hydrogens (tertiary/aromatic N) is 1. The van der Waals surface area contributed by atoms with Gasteiger partial charge in [0.15, 0.2) is 0 Å². The van der Waals surface area contributed by atoms with Crippen LogP contribution < -0.4 is 10.6 Å². The summed E-state index contributed by atoms with van der Waals surface area (Å²) in [6.45, 7) is 12.7. The average molecular weight is 476 g/mol. The minimum absolute atomic E-state index is 0.0349. The molecule has 0 radical (unpaired) electrons. The number of benzene rings is 2. The molecule has 0 atom stereocenters. The molecule has 34 heavy (non-hydrogen) atoms. The molecule has 1 aliphatic heterocycles. The van der Waals surface area contributed by atoms with Gasteiger partial charge in [0.05, 0.1) is 0 Å². The van der Waals surface area contributed by atoms with Gasteiger partial charge in [0.2, 0.25) is 5.91 Å². The lowest BCUT2D eigenvalue weighted by Gasteiger charge is -2.39. The standard InChI is InChI=1S/C29H37N3OS/c1-20(2)26(33)32-23-8-6-7-22(18-23)29(11-13-30-14-12-29)19-21-9-10-25(28(3,4)5)24(17-21)27-31-15-16-34-27/h6-10,15-18,20,30H,11-14,19H2,1-5H3,(H,32,33). The molecule has 3 aromatic rings. The first-order valence-corrected chi connectivity index (χ1v) is 13.2. The SMILES string of the molecule is CC(C)C(=O)Nc1cccc(C2(Cc3ccc(C(C)(C)C)c(-c4nccs4)c3)CCNCC2)c1. The van der Waals surface area contributed by atoms with Gasteiger partial charge in [-0.25, -0.2) is 4.98 Å². The van der Waals surface area contributed by atoms with Crippen molar-refractivity contribution in [3.05, 3.63) is 70.7 Å². The van der Waals surface area contributed by atoms with E-state index in [0.29, 0.717) is 0 Å². The van der Waals surface area contributed by atoms with Crippen molar-refractivity contribution in [2.75, 3.05) is 18.4 Å². The fourth-order valence-electron chi connectivity index (χ4n) is 4.97. The Labute approximate surface area is 208 Å². The summed E-state index contributed by atoms with van der Waals surface area (Å²) in [7, 11) is 0. The van der Waals surface area contributed by atoms with Gasteiger partial charge in [-0.3, -0.25) is 4.79 Å². The molecule has 4 nitrogen and oxygen atoms in total. The summed E-state index contributed by atoms with van der Waals surface area (Å²) < 4.78 is 0. The second kappa shape index (κ2) is 10.0. The van der Waals surface area contributed by atoms with Gasteiger partial charge >= 0.3 is 0 Å². The van der Waals surface area contributed by atoms with E-state index in [1.165, 1.54) is 22.3 Å². The Bertz CT molecular complexity index is 1120. The largest absolute Gasteiger partial charge is 0.326 e. The maximum absolute atomic E-state index is 12.3. The van der Waals surface area contributed by atoms with Gasteiger partial charge in [-0.2, -0.15) is 0 Å². The van der Waals surface area contributed by atoms with Gasteiger partial charge in [-0.15, -0.1) is 11.3 Å². The smallest absolute Gasteiger partial charge is 0.226 e. The van der Waals surface area contributed by atoms with Crippen molar-refractivity contribution in [3.63, 3.8) is 0 Å². The third-order valence-electron chi connectivity index (χ3n) is 6.92. The molecule has 5 heteroatoms. The van der Waals surface area contributed by atoms with Crippen LogP contribution in [0.1, 0.15) is 64.2 Å². The van der Waals surface area contributed by atoms with Crippen LogP contribution in [0.5, 0.6) is 0 Å². The van der Waals surface area contributed by atoms with E-state index in [1.807, 2.05) is 26.1 Å². The molecule has 1 fully saturated rings. The Balaban J connectivity index is 1.71. The van der Waals surface area contributed by atoms with Crippen molar-refractivity contribution in [3.8, 4) is 10.6 Å². The number of thiazole rings is 1. The van der Waals surface area contributed by atoms with E-state index in [4.69, 9.17) is 0 Å². The highest BCUT2D eigenvalue weighted by molar-refractivity contribution is 7.13. The topological polar surface area (TPSA) is 54.0 Å². The van der Waals surface area contributed by atoms with Crippen molar-refractivity contribution < 1.29 is 4.79 Å². The van der Waals surface area contributed by atoms with Crippen molar-refractivity contribution in [2.24, 2.45) is 5.92 Å². The summed E-state index contributed by atoms with van der Waals surface area (Å²) in [6.07, 6.45) is 5.01. The summed E-state index contributed by atoms with van der Waals surface area (Å²) in [4.78, 5) is 17.0. The van der Waals surface area contributed by atoms with E-state index in [2.05, 4.69) is 78.2 Å². The van der Waals surface area contributed by atoms with Crippen molar-refractivity contribution in [1.82, 2.24) is 10.3 Å². The van der Waals surface area contributed by atoms with Crippen LogP contribution in [-0.4, -0.2) is 24.0 Å². The van der Waals surface area contributed by atoms with Crippen LogP contribution in [0.25, 0.3) is 10.6 Å². The first-order valence-electron chi connectivity index (χ1n) is 12.3. The Morgan fingerprint density at radius 3 is 2.56 bits per heavy atom. The van der Waals surface area contributed by atoms with Crippen LogP contribution in [-0.2, 0) is 22.0 Å². The molecule has 2 aromatic carbocycles. The lowest BCUT2D eigenvalue weighted by molar-refractivity contribution is -0.118. The lowest BCUT2D eigenvalue weighted by atomic mass is 9.69. The van der Waals surface area contributed by atoms with Crippen LogP contribution in [0.3, 0.4) is 0 Å². The molecule has 0 spiro atoms. The fourth-order valence-corrected chi connectivity index (χ4v) is 5.63. The second-order valence-electron chi connectivity index (χ2n) is 10.9. The molecule has 4 rings (SSSR count). The van der Waals surface area contributed by atoms with E-state index < -0.39 is 0 Å². The number of carbonyl (C=O) groups excluding carboxylic acids is 1. The number of piperidine rings is 1. The first-order chi connectivity index (χ1) is 16.2. The number of hydrogen-bond acceptors (Lipinski definition) is 4. The summed E-state index contributed by atoms with van der Waals surface area (Å²) >= 11 is 1.71. The third kappa shape index (κ3) is 5.42. The van der Waals surface area contributed by atoms with Gasteiger partial charge in [0.25, 0.3) is 0 Å². The summed E-state index contributed by atoms with van der Waals surface area (Å²) in [5.74, 6) is 0.0180. The second-order valence-corrected chi connectivity index (χ2v) is 11.8. The lowest BCUT2D eigenvalue weighted by Crippen LogP contribution is -2.41. The molecule has 2 heterocycles. The fraction of sp³-hybridized carbons (Fsp3) is 0.448. The predicted molar refractivity (Wildman–Crippen MR) is 144 cm³/mol. The van der Waals surface area contributed by atoms with Gasteiger partial charge in [-0.05, 0) is 72.7 Å². The van der Waals surface area contributed by atoms with Crippen molar-refractivity contribution in [2.45, 2.75) is 64.7 Å². The summed E-state index contributed by atoms with van der Waals surface area (Å²) in [6, 6.07) is 15.5. The van der Waals surface area contributed by atoms with Crippen LogP contribution in [0.15, 0.2) is 54.0 Å². The highest BCUT2D eigenvalue weighted by atomic mass is 32.1. The molecular formula is C29H37N3OS. The molecule has 0 unspecified atom stereocenters. The molecule has 1 saturated heterocycles. The summed E-state index contributed by atoms with van der Waals surface area (Å²) in [5, 5.41) is 9.78. The van der Waals surface area contributed by atoms with Gasteiger partial charge in [0, 0.05) is 34.2 Å². The highest BCUT2D eigenvalue weighted by Crippen LogP contribution is 2.40. The molecule has 1 amide bonds. The molecule has 0 aliphatic carbocycles. The summed E-state index contributed by atoms with van der Waals surface area (Å²) in [5.41, 5.74) is 6.22. The number of amides is 1. The Hall–Kier alpha value is -2.50. The molecule has 0 bridgehead atoms. The van der Waals surface area contributed by atoms with E-state index in [0.717, 1.165) is 43.0 Å². The van der Waals surface area contributed by atoms with Crippen LogP contribution in [0, 0.1) is 5.92 Å². The molecule has 0 saturated carbocycles. The van der Waals surface area contributed by atoms with Crippen molar-refractivity contribution in [1.29, 1.82) is 0 Å². The molecule has 1 aliphatic rings. The molecular weight excluding hydrogens is 438 g/mol. The number of carbonyl (C=O) groups is 1. The van der Waals surface area contributed by atoms with Crippen LogP contribution >= 0.6 is 11.3 Å². The van der Waals surface area contributed by atoms with Gasteiger partial charge < -0.3 is 10.6 Å². The Kier molecular flexibility index (Phi) is 7.25. The first kappa shape index (κ1) is 24.6. The van der Waals surface area contributed by atoms with E-state index in [1.54, 1.807) is 11.3 Å². The van der Waals surface area contributed by atoms with E-state index >= 15 is 0 Å². The predicted octanol–water partition coefficient (Wildman–Crippen LogP) is 6.57. The van der Waals surface area contributed by atoms with Crippen molar-refractivity contribution >= 4 is 22.9 Å². The zero-order valence-corrected chi connectivity index (χ0v) is 21.9. The quantitative estimate of drug-likeness (QED) is 0.424. The normalized spacial score (nSPS) is 15.9. The van der Waals surface area contributed by atoms with E-state index in [-0.39, 0.29) is 22.7 Å². The maximum Gasteiger partial charge on any atom is 0.226 e. The average Bonchev–Trinajstić information content (AvgIpc) is 3.34. The number of hydrogen-bond donors (Lipinski definition) is 2. The molecule has 2 N–H and O–H groups in total. The van der Waals surface area contributed by atoms with Crippen LogP contribution in [0.4, 0.5) is 5.69 Å². The minimum Gasteiger partial charge on any atom is -0.326 e. The number of nitrogens with one attached hydrogen (secondary N) is 2. The van der Waals surface area contributed by atoms with Crippen LogP contribution in [0.2, 0.25) is 0 Å². The van der Waals surface area contributed by atoms with Gasteiger partial charge in [-0.1, -0.05) is 58.9 Å². The number of rotatable bonds is 6. The number of aromatic nitrogens is 1. The zero-order chi connectivity index (χ0) is 24.3. The molecule has 180 valence electrons. The Morgan fingerprint density at radius 1 is 1.15 bits per heavy atom.